The Morgan fingerprint density at radius 2 is 1.81 bits per heavy atom. The number of nitrogens with one attached hydrogen (secondary N) is 1. The van der Waals surface area contributed by atoms with Crippen molar-refractivity contribution in [3.8, 4) is 0 Å². The predicted molar refractivity (Wildman–Crippen MR) is 106 cm³/mol. The number of esters is 1. The molecule has 0 aliphatic rings. The van der Waals surface area contributed by atoms with Crippen LogP contribution in [-0.4, -0.2) is 18.0 Å². The lowest BCUT2D eigenvalue weighted by molar-refractivity contribution is -0.123. The van der Waals surface area contributed by atoms with Crippen molar-refractivity contribution >= 4 is 39.0 Å². The first-order valence-electron chi connectivity index (χ1n) is 8.44. The summed E-state index contributed by atoms with van der Waals surface area (Å²) in [5.74, 6) is -0.807. The Kier molecular flexibility index (Phi) is 5.09. The van der Waals surface area contributed by atoms with E-state index in [1.54, 1.807) is 6.92 Å². The summed E-state index contributed by atoms with van der Waals surface area (Å²) in [6.45, 7) is 7.37. The molecule has 5 heteroatoms. The standard InChI is InChI=1S/C21H21NO3S/c1-12-9-10-13(2)17(11-12)22-20(23)15(4)25-21(24)19-14(3)16-7-5-6-8-18(16)26-19/h5-11,15H,1-4H3,(H,22,23)/t15-/m0/s1. The molecule has 1 N–H and O–H groups in total. The van der Waals surface area contributed by atoms with Crippen molar-refractivity contribution in [2.24, 2.45) is 0 Å². The molecule has 1 heterocycles. The van der Waals surface area contributed by atoms with Crippen LogP contribution in [0.1, 0.15) is 33.3 Å². The van der Waals surface area contributed by atoms with Crippen molar-refractivity contribution in [3.05, 3.63) is 64.0 Å². The molecule has 0 radical (unpaired) electrons. The molecule has 1 aromatic heterocycles. The zero-order valence-corrected chi connectivity index (χ0v) is 16.1. The molecule has 0 unspecified atom stereocenters. The van der Waals surface area contributed by atoms with Crippen LogP contribution in [0.15, 0.2) is 42.5 Å². The quantitative estimate of drug-likeness (QED) is 0.660. The van der Waals surface area contributed by atoms with Crippen LogP contribution in [0.25, 0.3) is 10.1 Å². The summed E-state index contributed by atoms with van der Waals surface area (Å²) in [5.41, 5.74) is 3.63. The lowest BCUT2D eigenvalue weighted by Gasteiger charge is -2.15. The van der Waals surface area contributed by atoms with Gasteiger partial charge in [0.2, 0.25) is 0 Å². The van der Waals surface area contributed by atoms with Crippen molar-refractivity contribution in [1.29, 1.82) is 0 Å². The number of ether oxygens (including phenoxy) is 1. The molecule has 0 bridgehead atoms. The SMILES string of the molecule is Cc1ccc(C)c(NC(=O)[C@H](C)OC(=O)c2sc3ccccc3c2C)c1. The number of aryl methyl sites for hydroxylation is 3. The minimum absolute atomic E-state index is 0.342. The van der Waals surface area contributed by atoms with E-state index in [0.29, 0.717) is 4.88 Å². The molecule has 1 amide bonds. The zero-order chi connectivity index (χ0) is 18.8. The fraction of sp³-hybridized carbons (Fsp3) is 0.238. The van der Waals surface area contributed by atoms with Crippen LogP contribution in [0.2, 0.25) is 0 Å². The topological polar surface area (TPSA) is 55.4 Å². The number of carbonyl (C=O) groups excluding carboxylic acids is 2. The van der Waals surface area contributed by atoms with Crippen LogP contribution in [0.5, 0.6) is 0 Å². The smallest absolute Gasteiger partial charge is 0.349 e. The van der Waals surface area contributed by atoms with Gasteiger partial charge in [0.1, 0.15) is 4.88 Å². The Hall–Kier alpha value is -2.66. The van der Waals surface area contributed by atoms with Gasteiger partial charge in [-0.15, -0.1) is 11.3 Å². The molecule has 26 heavy (non-hydrogen) atoms. The highest BCUT2D eigenvalue weighted by molar-refractivity contribution is 7.21. The molecule has 4 nitrogen and oxygen atoms in total. The minimum atomic E-state index is -0.882. The maximum atomic E-state index is 12.5. The van der Waals surface area contributed by atoms with Crippen LogP contribution in [0.3, 0.4) is 0 Å². The third-order valence-electron chi connectivity index (χ3n) is 4.33. The van der Waals surface area contributed by atoms with Gasteiger partial charge in [0.05, 0.1) is 0 Å². The number of carbonyl (C=O) groups is 2. The number of amides is 1. The second-order valence-electron chi connectivity index (χ2n) is 6.41. The van der Waals surface area contributed by atoms with Gasteiger partial charge in [-0.2, -0.15) is 0 Å². The van der Waals surface area contributed by atoms with Gasteiger partial charge in [0, 0.05) is 10.4 Å². The normalized spacial score (nSPS) is 12.0. The highest BCUT2D eigenvalue weighted by atomic mass is 32.1. The average molecular weight is 367 g/mol. The third kappa shape index (κ3) is 3.63. The first-order valence-corrected chi connectivity index (χ1v) is 9.25. The van der Waals surface area contributed by atoms with Gasteiger partial charge in [-0.3, -0.25) is 4.79 Å². The molecule has 0 aliphatic heterocycles. The first kappa shape index (κ1) is 18.1. The van der Waals surface area contributed by atoms with E-state index in [4.69, 9.17) is 4.74 Å². The summed E-state index contributed by atoms with van der Waals surface area (Å²) < 4.78 is 6.44. The van der Waals surface area contributed by atoms with E-state index in [1.807, 2.05) is 63.2 Å². The third-order valence-corrected chi connectivity index (χ3v) is 5.59. The Bertz CT molecular complexity index is 990. The Labute approximate surface area is 156 Å². The Morgan fingerprint density at radius 3 is 2.54 bits per heavy atom. The Balaban J connectivity index is 1.73. The number of hydrogen-bond acceptors (Lipinski definition) is 4. The molecule has 0 fully saturated rings. The molecule has 0 spiro atoms. The van der Waals surface area contributed by atoms with Gasteiger partial charge in [-0.05, 0) is 61.9 Å². The Morgan fingerprint density at radius 1 is 1.08 bits per heavy atom. The van der Waals surface area contributed by atoms with Crippen molar-refractivity contribution in [2.75, 3.05) is 5.32 Å². The monoisotopic (exact) mass is 367 g/mol. The lowest BCUT2D eigenvalue weighted by atomic mass is 10.1. The molecule has 0 aliphatic carbocycles. The van der Waals surface area contributed by atoms with E-state index in [9.17, 15) is 9.59 Å². The molecule has 1 atom stereocenters. The highest BCUT2D eigenvalue weighted by Crippen LogP contribution is 2.31. The molecule has 0 saturated carbocycles. The maximum absolute atomic E-state index is 12.5. The summed E-state index contributed by atoms with van der Waals surface area (Å²) >= 11 is 1.39. The van der Waals surface area contributed by atoms with Gasteiger partial charge >= 0.3 is 5.97 Å². The zero-order valence-electron chi connectivity index (χ0n) is 15.3. The number of thiophene rings is 1. The minimum Gasteiger partial charge on any atom is -0.448 e. The van der Waals surface area contributed by atoms with Gasteiger partial charge in [-0.1, -0.05) is 30.3 Å². The van der Waals surface area contributed by atoms with Gasteiger partial charge in [0.15, 0.2) is 6.10 Å². The second-order valence-corrected chi connectivity index (χ2v) is 7.46. The maximum Gasteiger partial charge on any atom is 0.349 e. The van der Waals surface area contributed by atoms with Gasteiger partial charge in [0.25, 0.3) is 5.91 Å². The van der Waals surface area contributed by atoms with Crippen LogP contribution >= 0.6 is 11.3 Å². The average Bonchev–Trinajstić information content (AvgIpc) is 2.95. The van der Waals surface area contributed by atoms with Crippen molar-refractivity contribution in [2.45, 2.75) is 33.8 Å². The van der Waals surface area contributed by atoms with Crippen molar-refractivity contribution < 1.29 is 14.3 Å². The molecule has 0 saturated heterocycles. The molecule has 134 valence electrons. The van der Waals surface area contributed by atoms with E-state index in [1.165, 1.54) is 11.3 Å². The van der Waals surface area contributed by atoms with E-state index < -0.39 is 12.1 Å². The van der Waals surface area contributed by atoms with Crippen LogP contribution in [0, 0.1) is 20.8 Å². The summed E-state index contributed by atoms with van der Waals surface area (Å²) in [5, 5.41) is 3.87. The second kappa shape index (κ2) is 7.30. The molecule has 3 aromatic rings. The molecular formula is C21H21NO3S. The summed E-state index contributed by atoms with van der Waals surface area (Å²) in [7, 11) is 0. The summed E-state index contributed by atoms with van der Waals surface area (Å²) in [6, 6.07) is 13.7. The molecule has 2 aromatic carbocycles. The van der Waals surface area contributed by atoms with Gasteiger partial charge in [-0.25, -0.2) is 4.79 Å². The van der Waals surface area contributed by atoms with Crippen LogP contribution in [-0.2, 0) is 9.53 Å². The van der Waals surface area contributed by atoms with E-state index in [-0.39, 0.29) is 5.91 Å². The largest absolute Gasteiger partial charge is 0.448 e. The van der Waals surface area contributed by atoms with Crippen LogP contribution < -0.4 is 5.32 Å². The van der Waals surface area contributed by atoms with Crippen molar-refractivity contribution in [1.82, 2.24) is 0 Å². The van der Waals surface area contributed by atoms with E-state index >= 15 is 0 Å². The fourth-order valence-electron chi connectivity index (χ4n) is 2.74. The summed E-state index contributed by atoms with van der Waals surface area (Å²) in [4.78, 5) is 25.5. The number of benzene rings is 2. The van der Waals surface area contributed by atoms with Crippen LogP contribution in [0.4, 0.5) is 5.69 Å². The number of hydrogen-bond donors (Lipinski definition) is 1. The summed E-state index contributed by atoms with van der Waals surface area (Å²) in [6.07, 6.45) is -0.882. The van der Waals surface area contributed by atoms with Crippen molar-refractivity contribution in [3.63, 3.8) is 0 Å². The van der Waals surface area contributed by atoms with E-state index in [0.717, 1.165) is 32.5 Å². The predicted octanol–water partition coefficient (Wildman–Crippen LogP) is 5.01. The molecular weight excluding hydrogens is 346 g/mol. The lowest BCUT2D eigenvalue weighted by Crippen LogP contribution is -2.30. The highest BCUT2D eigenvalue weighted by Gasteiger charge is 2.23. The number of rotatable bonds is 4. The van der Waals surface area contributed by atoms with E-state index in [2.05, 4.69) is 5.32 Å². The fourth-order valence-corrected chi connectivity index (χ4v) is 3.83. The first-order chi connectivity index (χ1) is 12.4. The molecule has 3 rings (SSSR count). The number of fused-ring (bicyclic) bond motifs is 1. The van der Waals surface area contributed by atoms with Gasteiger partial charge < -0.3 is 10.1 Å². The number of anilines is 1.